The van der Waals surface area contributed by atoms with E-state index in [1.54, 1.807) is 35.6 Å². The van der Waals surface area contributed by atoms with Gasteiger partial charge in [0.15, 0.2) is 0 Å². The topological polar surface area (TPSA) is 93.2 Å². The second-order valence-electron chi connectivity index (χ2n) is 8.47. The molecule has 5 rings (SSSR count). The zero-order valence-corrected chi connectivity index (χ0v) is 21.0. The third kappa shape index (κ3) is 4.07. The molecule has 3 heterocycles. The molecule has 0 bridgehead atoms. The van der Waals surface area contributed by atoms with Gasteiger partial charge in [-0.2, -0.15) is 0 Å². The van der Waals surface area contributed by atoms with Crippen LogP contribution in [-0.4, -0.2) is 41.8 Å². The van der Waals surface area contributed by atoms with Gasteiger partial charge in [-0.3, -0.25) is 0 Å². The number of aromatic amines is 1. The van der Waals surface area contributed by atoms with E-state index >= 15 is 0 Å². The van der Waals surface area contributed by atoms with Crippen molar-refractivity contribution in [3.05, 3.63) is 86.2 Å². The van der Waals surface area contributed by atoms with Gasteiger partial charge in [-0.1, -0.05) is 6.07 Å². The molecule has 1 aliphatic rings. The minimum atomic E-state index is -0.504. The van der Waals surface area contributed by atoms with E-state index in [1.165, 1.54) is 6.07 Å². The molecule has 9 heteroatoms. The molecule has 178 valence electrons. The SMILES string of the molecule is Cc1ccc2[se]n(CCOC(=O)c3c(C)[nH]c(/C=C4\C(=O)Nc5c(F)cccc54)c3C)c(=O)c2c1. The average molecular weight is 538 g/mol. The Morgan fingerprint density at radius 2 is 1.97 bits per heavy atom. The molecular weight excluding hydrogens is 516 g/mol. The van der Waals surface area contributed by atoms with Crippen LogP contribution in [0.15, 0.2) is 41.2 Å². The number of ether oxygens (including phenoxy) is 1. The van der Waals surface area contributed by atoms with E-state index in [1.807, 2.05) is 25.1 Å². The summed E-state index contributed by atoms with van der Waals surface area (Å²) in [5, 5.41) is 3.27. The van der Waals surface area contributed by atoms with Crippen LogP contribution >= 0.6 is 0 Å². The number of nitrogens with one attached hydrogen (secondary N) is 2. The molecule has 2 aromatic heterocycles. The number of amides is 1. The maximum absolute atomic E-state index is 14.0. The van der Waals surface area contributed by atoms with Crippen molar-refractivity contribution >= 4 is 53.6 Å². The molecule has 0 fully saturated rings. The Kier molecular flexibility index (Phi) is 5.82. The number of hydrogen-bond donors (Lipinski definition) is 2. The summed E-state index contributed by atoms with van der Waals surface area (Å²) in [5.74, 6) is -1.41. The van der Waals surface area contributed by atoms with Gasteiger partial charge in [0, 0.05) is 0 Å². The van der Waals surface area contributed by atoms with Crippen LogP contribution in [0.1, 0.15) is 38.4 Å². The van der Waals surface area contributed by atoms with Gasteiger partial charge in [-0.05, 0) is 6.07 Å². The monoisotopic (exact) mass is 539 g/mol. The molecule has 0 saturated carbocycles. The number of carbonyl (C=O) groups is 2. The summed E-state index contributed by atoms with van der Waals surface area (Å²) < 4.78 is 22.3. The second kappa shape index (κ2) is 8.83. The Bertz CT molecular complexity index is 1610. The van der Waals surface area contributed by atoms with Crippen LogP contribution in [0.3, 0.4) is 0 Å². The predicted molar refractivity (Wildman–Crippen MR) is 133 cm³/mol. The van der Waals surface area contributed by atoms with Crippen LogP contribution in [0.4, 0.5) is 10.1 Å². The first-order valence-electron chi connectivity index (χ1n) is 11.0. The Balaban J connectivity index is 1.34. The number of fused-ring (bicyclic) bond motifs is 2. The minimum absolute atomic E-state index is 0.0331. The second-order valence-corrected chi connectivity index (χ2v) is 10.7. The summed E-state index contributed by atoms with van der Waals surface area (Å²) in [5.41, 5.74) is 4.12. The van der Waals surface area contributed by atoms with Crippen molar-refractivity contribution in [1.29, 1.82) is 0 Å². The summed E-state index contributed by atoms with van der Waals surface area (Å²) >= 11 is -0.136. The summed E-state index contributed by atoms with van der Waals surface area (Å²) in [6.07, 6.45) is 1.62. The molecule has 2 N–H and O–H groups in total. The number of carbonyl (C=O) groups excluding carboxylic acids is 2. The van der Waals surface area contributed by atoms with Crippen molar-refractivity contribution in [2.24, 2.45) is 0 Å². The molecule has 35 heavy (non-hydrogen) atoms. The molecule has 1 amide bonds. The Labute approximate surface area is 206 Å². The van der Waals surface area contributed by atoms with Gasteiger partial charge in [0.05, 0.1) is 0 Å². The number of para-hydroxylation sites is 1. The summed E-state index contributed by atoms with van der Waals surface area (Å²) in [7, 11) is 0. The average Bonchev–Trinajstić information content (AvgIpc) is 3.41. The molecule has 7 nitrogen and oxygen atoms in total. The molecule has 0 aliphatic carbocycles. The number of nitrogens with zero attached hydrogens (tertiary/aromatic N) is 1. The Hall–Kier alpha value is -3.68. The van der Waals surface area contributed by atoms with Crippen LogP contribution in [-0.2, 0) is 16.1 Å². The molecule has 0 atom stereocenters. The summed E-state index contributed by atoms with van der Waals surface area (Å²) in [6.45, 7) is 5.86. The first-order valence-corrected chi connectivity index (χ1v) is 12.7. The van der Waals surface area contributed by atoms with Gasteiger partial charge in [0.1, 0.15) is 5.82 Å². The van der Waals surface area contributed by atoms with Crippen molar-refractivity contribution in [2.75, 3.05) is 11.9 Å². The van der Waals surface area contributed by atoms with Crippen LogP contribution in [0.5, 0.6) is 0 Å². The van der Waals surface area contributed by atoms with E-state index < -0.39 is 17.7 Å². The third-order valence-electron chi connectivity index (χ3n) is 6.08. The standard InChI is InChI=1S/C26H22FN3O4Se/c1-13-7-8-21-18(11-13)25(32)30(35-21)9-10-34-26(33)22-14(2)20(28-15(22)3)12-17-16-5-4-6-19(27)23(16)29-24(17)31/h4-8,11-12,28H,9-10H2,1-3H3,(H,29,31)/b17-12-. The van der Waals surface area contributed by atoms with Gasteiger partial charge in [0.2, 0.25) is 0 Å². The molecule has 0 spiro atoms. The summed E-state index contributed by atoms with van der Waals surface area (Å²) in [6, 6.07) is 10.4. The van der Waals surface area contributed by atoms with E-state index in [9.17, 15) is 18.8 Å². The van der Waals surface area contributed by atoms with Crippen molar-refractivity contribution in [2.45, 2.75) is 27.3 Å². The van der Waals surface area contributed by atoms with Crippen molar-refractivity contribution in [1.82, 2.24) is 8.55 Å². The van der Waals surface area contributed by atoms with Crippen molar-refractivity contribution < 1.29 is 18.7 Å². The Morgan fingerprint density at radius 3 is 2.77 bits per heavy atom. The van der Waals surface area contributed by atoms with Gasteiger partial charge < -0.3 is 0 Å². The zero-order valence-electron chi connectivity index (χ0n) is 19.3. The molecular formula is C26H22FN3O4Se. The van der Waals surface area contributed by atoms with E-state index in [0.717, 1.165) is 15.2 Å². The Morgan fingerprint density at radius 1 is 1.17 bits per heavy atom. The number of anilines is 1. The molecule has 0 saturated heterocycles. The van der Waals surface area contributed by atoms with Crippen LogP contribution < -0.4 is 10.9 Å². The number of aryl methyl sites for hydroxylation is 2. The maximum atomic E-state index is 14.0. The number of rotatable bonds is 5. The van der Waals surface area contributed by atoms with E-state index in [0.29, 0.717) is 40.2 Å². The van der Waals surface area contributed by atoms with E-state index in [4.69, 9.17) is 4.74 Å². The van der Waals surface area contributed by atoms with Crippen LogP contribution in [0.2, 0.25) is 0 Å². The van der Waals surface area contributed by atoms with Gasteiger partial charge >= 0.3 is 184 Å². The number of halogens is 1. The van der Waals surface area contributed by atoms with Crippen molar-refractivity contribution in [3.8, 4) is 0 Å². The van der Waals surface area contributed by atoms with Gasteiger partial charge in [0.25, 0.3) is 0 Å². The number of H-pyrrole nitrogens is 1. The first-order chi connectivity index (χ1) is 16.7. The number of benzene rings is 2. The fourth-order valence-electron chi connectivity index (χ4n) is 4.32. The molecule has 0 unspecified atom stereocenters. The third-order valence-corrected chi connectivity index (χ3v) is 8.44. The molecule has 2 aromatic carbocycles. The predicted octanol–water partition coefficient (Wildman–Crippen LogP) is 3.80. The number of aromatic nitrogens is 2. The zero-order chi connectivity index (χ0) is 24.9. The fraction of sp³-hybridized carbons (Fsp3) is 0.192. The van der Waals surface area contributed by atoms with Crippen molar-refractivity contribution in [3.63, 3.8) is 0 Å². The van der Waals surface area contributed by atoms with Gasteiger partial charge in [-0.25, -0.2) is 4.39 Å². The van der Waals surface area contributed by atoms with Crippen LogP contribution in [0.25, 0.3) is 21.3 Å². The first kappa shape index (κ1) is 23.1. The fourth-order valence-corrected chi connectivity index (χ4v) is 6.33. The number of esters is 1. The molecule has 1 aliphatic heterocycles. The molecule has 4 aromatic rings. The van der Waals surface area contributed by atoms with E-state index in [2.05, 4.69) is 10.3 Å². The number of hydrogen-bond acceptors (Lipinski definition) is 4. The van der Waals surface area contributed by atoms with Gasteiger partial charge in [-0.15, -0.1) is 0 Å². The van der Waals surface area contributed by atoms with Crippen LogP contribution in [0, 0.1) is 26.6 Å². The van der Waals surface area contributed by atoms with E-state index in [-0.39, 0.29) is 32.6 Å². The molecule has 0 radical (unpaired) electrons. The quantitative estimate of drug-likeness (QED) is 0.230. The normalized spacial score (nSPS) is 13.9. The summed E-state index contributed by atoms with van der Waals surface area (Å²) in [4.78, 5) is 41.1.